The largest absolute Gasteiger partial charge is 0.482 e. The number of para-hydroxylation sites is 3. The predicted molar refractivity (Wildman–Crippen MR) is 120 cm³/mol. The van der Waals surface area contributed by atoms with Crippen molar-refractivity contribution < 1.29 is 27.4 Å². The van der Waals surface area contributed by atoms with Crippen LogP contribution in [0.25, 0.3) is 10.2 Å². The molecule has 0 bridgehead atoms. The van der Waals surface area contributed by atoms with Gasteiger partial charge < -0.3 is 9.47 Å². The highest BCUT2D eigenvalue weighted by molar-refractivity contribution is 7.22. The highest BCUT2D eigenvalue weighted by Gasteiger charge is 2.39. The molecule has 2 aromatic carbocycles. The quantitative estimate of drug-likeness (QED) is 0.405. The summed E-state index contributed by atoms with van der Waals surface area (Å²) in [5, 5.41) is 4.30. The van der Waals surface area contributed by atoms with Gasteiger partial charge in [0, 0.05) is 18.9 Å². The van der Waals surface area contributed by atoms with Crippen molar-refractivity contribution in [2.45, 2.75) is 31.9 Å². The summed E-state index contributed by atoms with van der Waals surface area (Å²) in [6.07, 6.45) is -2.83. The summed E-state index contributed by atoms with van der Waals surface area (Å²) < 4.78 is 54.4. The van der Waals surface area contributed by atoms with Gasteiger partial charge in [0.1, 0.15) is 6.10 Å². The fourth-order valence-electron chi connectivity index (χ4n) is 3.76. The minimum absolute atomic E-state index is 0.135. The number of aromatic nitrogens is 3. The van der Waals surface area contributed by atoms with Crippen molar-refractivity contribution in [1.82, 2.24) is 14.8 Å². The van der Waals surface area contributed by atoms with E-state index in [1.54, 1.807) is 60.4 Å². The molecule has 0 aliphatic carbocycles. The summed E-state index contributed by atoms with van der Waals surface area (Å²) in [7, 11) is 0. The lowest BCUT2D eigenvalue weighted by Crippen LogP contribution is -2.51. The molecule has 1 amide bonds. The number of carbonyl (C=O) groups is 1. The van der Waals surface area contributed by atoms with Gasteiger partial charge in [0.2, 0.25) is 6.10 Å². The summed E-state index contributed by atoms with van der Waals surface area (Å²) in [5.74, 6) is 0.494. The topological polar surface area (TPSA) is 69.5 Å². The van der Waals surface area contributed by atoms with Crippen LogP contribution in [0.1, 0.15) is 12.5 Å². The average Bonchev–Trinajstić information content (AvgIpc) is 3.47. The van der Waals surface area contributed by atoms with Crippen LogP contribution in [0.2, 0.25) is 0 Å². The van der Waals surface area contributed by atoms with E-state index >= 15 is 0 Å². The first-order chi connectivity index (χ1) is 16.3. The predicted octanol–water partition coefficient (Wildman–Crippen LogP) is 4.77. The molecule has 176 valence electrons. The average molecular weight is 488 g/mol. The Balaban J connectivity index is 1.51. The van der Waals surface area contributed by atoms with E-state index in [-0.39, 0.29) is 17.2 Å². The van der Waals surface area contributed by atoms with Crippen molar-refractivity contribution >= 4 is 32.6 Å². The van der Waals surface area contributed by atoms with E-state index in [1.165, 1.54) is 11.0 Å². The van der Waals surface area contributed by atoms with Crippen LogP contribution in [0.3, 0.4) is 0 Å². The van der Waals surface area contributed by atoms with E-state index in [1.807, 2.05) is 0 Å². The number of thiazole rings is 1. The number of halogens is 3. The third-order valence-corrected chi connectivity index (χ3v) is 6.45. The lowest BCUT2D eigenvalue weighted by Gasteiger charge is -2.33. The Hall–Kier alpha value is -3.60. The number of amides is 1. The van der Waals surface area contributed by atoms with Gasteiger partial charge in [-0.05, 0) is 37.3 Å². The molecule has 0 saturated carbocycles. The summed E-state index contributed by atoms with van der Waals surface area (Å²) in [4.78, 5) is 19.3. The van der Waals surface area contributed by atoms with Crippen LogP contribution in [0, 0.1) is 0 Å². The van der Waals surface area contributed by atoms with E-state index in [0.717, 1.165) is 17.4 Å². The van der Waals surface area contributed by atoms with Crippen LogP contribution in [0.5, 0.6) is 11.5 Å². The van der Waals surface area contributed by atoms with Crippen molar-refractivity contribution in [3.05, 3.63) is 66.5 Å². The third kappa shape index (κ3) is 4.18. The van der Waals surface area contributed by atoms with Crippen molar-refractivity contribution in [3.63, 3.8) is 0 Å². The molecule has 11 heteroatoms. The third-order valence-electron chi connectivity index (χ3n) is 5.41. The van der Waals surface area contributed by atoms with E-state index < -0.39 is 29.9 Å². The zero-order chi connectivity index (χ0) is 23.9. The number of carbonyl (C=O) groups excluding carboxylic acids is 1. The molecule has 2 atom stereocenters. The zero-order valence-corrected chi connectivity index (χ0v) is 18.7. The first kappa shape index (κ1) is 22.2. The summed E-state index contributed by atoms with van der Waals surface area (Å²) in [6, 6.07) is 12.6. The van der Waals surface area contributed by atoms with E-state index in [2.05, 4.69) is 10.1 Å². The second-order valence-corrected chi connectivity index (χ2v) is 8.72. The Kier molecular flexibility index (Phi) is 5.64. The lowest BCUT2D eigenvalue weighted by molar-refractivity contribution is -0.136. The fourth-order valence-corrected chi connectivity index (χ4v) is 4.78. The normalized spacial score (nSPS) is 17.6. The van der Waals surface area contributed by atoms with E-state index in [4.69, 9.17) is 9.47 Å². The summed E-state index contributed by atoms with van der Waals surface area (Å²) in [5.41, 5.74) is -1.03. The standard InChI is InChI=1S/C23H19F3N4O3S/c1-14-20(33-17-8-3-2-7-16(17)32-14)21(31)30(13-12-29-11-5-10-27-29)22-28-19-15(23(24,25)26)6-4-9-18(19)34-22/h2-11,14,20H,12-13H2,1H3/t14-,20-/m1/s1. The molecule has 7 nitrogen and oxygen atoms in total. The summed E-state index contributed by atoms with van der Waals surface area (Å²) >= 11 is 1.02. The van der Waals surface area contributed by atoms with Crippen molar-refractivity contribution in [2.75, 3.05) is 11.4 Å². The van der Waals surface area contributed by atoms with E-state index in [9.17, 15) is 18.0 Å². The number of hydrogen-bond acceptors (Lipinski definition) is 6. The molecule has 2 aromatic heterocycles. The molecule has 1 aliphatic rings. The van der Waals surface area contributed by atoms with Gasteiger partial charge in [0.05, 0.1) is 22.3 Å². The van der Waals surface area contributed by atoms with Crippen LogP contribution in [-0.4, -0.2) is 39.4 Å². The fraction of sp³-hybridized carbons (Fsp3) is 0.261. The van der Waals surface area contributed by atoms with Crippen molar-refractivity contribution in [3.8, 4) is 11.5 Å². The Labute approximate surface area is 196 Å². The van der Waals surface area contributed by atoms with Crippen LogP contribution in [-0.2, 0) is 17.5 Å². The van der Waals surface area contributed by atoms with E-state index in [0.29, 0.717) is 22.7 Å². The van der Waals surface area contributed by atoms with Crippen LogP contribution in [0.4, 0.5) is 18.3 Å². The molecule has 0 N–H and O–H groups in total. The maximum Gasteiger partial charge on any atom is 0.418 e. The number of rotatable bonds is 5. The number of ether oxygens (including phenoxy) is 2. The maximum absolute atomic E-state index is 13.7. The zero-order valence-electron chi connectivity index (χ0n) is 17.9. The molecule has 0 fully saturated rings. The van der Waals surface area contributed by atoms with Gasteiger partial charge in [-0.2, -0.15) is 18.3 Å². The van der Waals surface area contributed by atoms with Gasteiger partial charge >= 0.3 is 6.18 Å². The second-order valence-electron chi connectivity index (χ2n) is 7.71. The van der Waals surface area contributed by atoms with Gasteiger partial charge in [0.25, 0.3) is 5.91 Å². The smallest absolute Gasteiger partial charge is 0.418 e. The minimum Gasteiger partial charge on any atom is -0.482 e. The first-order valence-corrected chi connectivity index (χ1v) is 11.3. The molecule has 0 saturated heterocycles. The van der Waals surface area contributed by atoms with Crippen molar-refractivity contribution in [1.29, 1.82) is 0 Å². The van der Waals surface area contributed by atoms with Crippen LogP contribution >= 0.6 is 11.3 Å². The molecule has 34 heavy (non-hydrogen) atoms. The number of anilines is 1. The highest BCUT2D eigenvalue weighted by atomic mass is 32.1. The van der Waals surface area contributed by atoms with Gasteiger partial charge in [-0.1, -0.05) is 29.5 Å². The first-order valence-electron chi connectivity index (χ1n) is 10.5. The lowest BCUT2D eigenvalue weighted by atomic mass is 10.1. The van der Waals surface area contributed by atoms with Gasteiger partial charge in [-0.25, -0.2) is 4.98 Å². The number of benzene rings is 2. The number of fused-ring (bicyclic) bond motifs is 2. The van der Waals surface area contributed by atoms with Gasteiger partial charge in [0.15, 0.2) is 16.6 Å². The molecule has 3 heterocycles. The number of alkyl halides is 3. The van der Waals surface area contributed by atoms with Gasteiger partial charge in [-0.3, -0.25) is 14.4 Å². The minimum atomic E-state index is -4.56. The van der Waals surface area contributed by atoms with Crippen LogP contribution < -0.4 is 14.4 Å². The molecule has 1 aliphatic heterocycles. The molecule has 0 radical (unpaired) electrons. The second kappa shape index (κ2) is 8.64. The maximum atomic E-state index is 13.7. The molecule has 0 unspecified atom stereocenters. The Morgan fingerprint density at radius 3 is 2.59 bits per heavy atom. The van der Waals surface area contributed by atoms with Gasteiger partial charge in [-0.15, -0.1) is 0 Å². The Morgan fingerprint density at radius 1 is 1.12 bits per heavy atom. The molecule has 5 rings (SSSR count). The molecular weight excluding hydrogens is 469 g/mol. The van der Waals surface area contributed by atoms with Crippen LogP contribution in [0.15, 0.2) is 60.9 Å². The Bertz CT molecular complexity index is 1320. The SMILES string of the molecule is C[C@H]1Oc2ccccc2O[C@H]1C(=O)N(CCn1cccn1)c1nc2c(C(F)(F)F)cccc2s1. The molecule has 4 aromatic rings. The number of nitrogens with zero attached hydrogens (tertiary/aromatic N) is 4. The summed E-state index contributed by atoms with van der Waals surface area (Å²) in [6.45, 7) is 2.17. The van der Waals surface area contributed by atoms with Crippen molar-refractivity contribution in [2.24, 2.45) is 0 Å². The number of hydrogen-bond donors (Lipinski definition) is 0. The molecular formula is C23H19F3N4O3S. The monoisotopic (exact) mass is 488 g/mol. The molecule has 0 spiro atoms. The Morgan fingerprint density at radius 2 is 1.88 bits per heavy atom. The highest BCUT2D eigenvalue weighted by Crippen LogP contribution is 2.39.